The van der Waals surface area contributed by atoms with Gasteiger partial charge in [-0.1, -0.05) is 48.5 Å². The molecule has 5 rings (SSSR count). The van der Waals surface area contributed by atoms with Gasteiger partial charge in [0, 0.05) is 16.8 Å². The Morgan fingerprint density at radius 2 is 1.65 bits per heavy atom. The monoisotopic (exact) mass is 453 g/mol. The lowest BCUT2D eigenvalue weighted by molar-refractivity contribution is 0.102. The van der Waals surface area contributed by atoms with Crippen molar-refractivity contribution in [3.8, 4) is 11.5 Å². The van der Waals surface area contributed by atoms with Crippen molar-refractivity contribution in [2.75, 3.05) is 18.5 Å². The van der Waals surface area contributed by atoms with Crippen molar-refractivity contribution in [1.29, 1.82) is 0 Å². The summed E-state index contributed by atoms with van der Waals surface area (Å²) >= 11 is 0. The summed E-state index contributed by atoms with van der Waals surface area (Å²) in [6.45, 7) is 6.88. The molecule has 0 fully saturated rings. The standard InChI is InChI=1S/C28H27N3O3/c1-4-33-23-16-15-20(17-24(23)34-5-2)26-25(27(32)19-11-7-6-8-12-19)18(3)29-28-30-21-13-9-10-14-22(21)31(26)28/h6-17,26H,4-5H2,1-3H3,(H,29,30)/t26-/m1/s1. The van der Waals surface area contributed by atoms with Crippen LogP contribution in [-0.2, 0) is 0 Å². The van der Waals surface area contributed by atoms with Gasteiger partial charge in [0.05, 0.1) is 30.3 Å². The van der Waals surface area contributed by atoms with Gasteiger partial charge in [0.1, 0.15) is 0 Å². The number of benzene rings is 3. The molecule has 6 nitrogen and oxygen atoms in total. The minimum absolute atomic E-state index is 0.0223. The number of imidazole rings is 1. The molecule has 1 atom stereocenters. The zero-order valence-corrected chi connectivity index (χ0v) is 19.5. The van der Waals surface area contributed by atoms with Gasteiger partial charge >= 0.3 is 0 Å². The van der Waals surface area contributed by atoms with Gasteiger partial charge in [0.15, 0.2) is 17.3 Å². The third-order valence-corrected chi connectivity index (χ3v) is 5.99. The van der Waals surface area contributed by atoms with E-state index in [4.69, 9.17) is 14.5 Å². The summed E-state index contributed by atoms with van der Waals surface area (Å²) in [4.78, 5) is 18.7. The fraction of sp³-hybridized carbons (Fsp3) is 0.214. The Kier molecular flexibility index (Phi) is 5.80. The van der Waals surface area contributed by atoms with Crippen LogP contribution in [0.25, 0.3) is 11.0 Å². The van der Waals surface area contributed by atoms with Crippen molar-refractivity contribution in [2.24, 2.45) is 0 Å². The Morgan fingerprint density at radius 3 is 2.41 bits per heavy atom. The number of rotatable bonds is 7. The van der Waals surface area contributed by atoms with Gasteiger partial charge in [0.2, 0.25) is 5.95 Å². The lowest BCUT2D eigenvalue weighted by atomic mass is 9.89. The lowest BCUT2D eigenvalue weighted by Crippen LogP contribution is -2.28. The van der Waals surface area contributed by atoms with Crippen molar-refractivity contribution in [3.05, 3.63) is 95.2 Å². The van der Waals surface area contributed by atoms with Gasteiger partial charge in [-0.05, 0) is 50.6 Å². The number of hydrogen-bond donors (Lipinski definition) is 1. The Labute approximate surface area is 198 Å². The molecule has 1 N–H and O–H groups in total. The van der Waals surface area contributed by atoms with Crippen molar-refractivity contribution < 1.29 is 14.3 Å². The maximum atomic E-state index is 13.9. The third kappa shape index (κ3) is 3.71. The Balaban J connectivity index is 1.74. The molecular formula is C28H27N3O3. The summed E-state index contributed by atoms with van der Waals surface area (Å²) in [5.41, 5.74) is 4.85. The highest BCUT2D eigenvalue weighted by atomic mass is 16.5. The molecule has 0 saturated carbocycles. The number of carbonyl (C=O) groups excluding carboxylic acids is 1. The van der Waals surface area contributed by atoms with Crippen LogP contribution in [0.4, 0.5) is 5.95 Å². The van der Waals surface area contributed by atoms with E-state index < -0.39 is 0 Å². The highest BCUT2D eigenvalue weighted by molar-refractivity contribution is 6.11. The molecule has 0 unspecified atom stereocenters. The number of ketones is 1. The number of Topliss-reactive ketones (excluding diaryl/α,β-unsaturated/α-hetero) is 1. The molecule has 3 aromatic carbocycles. The number of nitrogens with one attached hydrogen (secondary N) is 1. The van der Waals surface area contributed by atoms with Crippen LogP contribution in [0.1, 0.15) is 42.7 Å². The van der Waals surface area contributed by atoms with Gasteiger partial charge in [0.25, 0.3) is 0 Å². The third-order valence-electron chi connectivity index (χ3n) is 5.99. The van der Waals surface area contributed by atoms with Crippen molar-refractivity contribution in [3.63, 3.8) is 0 Å². The van der Waals surface area contributed by atoms with Crippen LogP contribution in [-0.4, -0.2) is 28.5 Å². The molecule has 34 heavy (non-hydrogen) atoms. The second kappa shape index (κ2) is 9.06. The van der Waals surface area contributed by atoms with Crippen LogP contribution in [0.3, 0.4) is 0 Å². The van der Waals surface area contributed by atoms with Gasteiger partial charge in [-0.3, -0.25) is 9.36 Å². The van der Waals surface area contributed by atoms with E-state index in [0.29, 0.717) is 41.8 Å². The van der Waals surface area contributed by atoms with Crippen molar-refractivity contribution in [1.82, 2.24) is 9.55 Å². The minimum Gasteiger partial charge on any atom is -0.490 e. The van der Waals surface area contributed by atoms with Gasteiger partial charge < -0.3 is 14.8 Å². The maximum Gasteiger partial charge on any atom is 0.209 e. The van der Waals surface area contributed by atoms with Crippen molar-refractivity contribution >= 4 is 22.8 Å². The number of aromatic nitrogens is 2. The number of hydrogen-bond acceptors (Lipinski definition) is 5. The molecule has 1 aliphatic heterocycles. The molecule has 6 heteroatoms. The van der Waals surface area contributed by atoms with E-state index in [1.807, 2.05) is 93.6 Å². The number of allylic oxidation sites excluding steroid dienone is 2. The first-order valence-corrected chi connectivity index (χ1v) is 11.6. The number of para-hydroxylation sites is 2. The minimum atomic E-state index is -0.383. The zero-order chi connectivity index (χ0) is 23.7. The zero-order valence-electron chi connectivity index (χ0n) is 19.5. The summed E-state index contributed by atoms with van der Waals surface area (Å²) < 4.78 is 13.8. The van der Waals surface area contributed by atoms with Gasteiger partial charge in [-0.2, -0.15) is 0 Å². The smallest absolute Gasteiger partial charge is 0.209 e. The van der Waals surface area contributed by atoms with E-state index in [-0.39, 0.29) is 11.8 Å². The predicted octanol–water partition coefficient (Wildman–Crippen LogP) is 6.01. The van der Waals surface area contributed by atoms with E-state index >= 15 is 0 Å². The molecule has 0 amide bonds. The number of ether oxygens (including phenoxy) is 2. The first-order valence-electron chi connectivity index (χ1n) is 11.6. The average Bonchev–Trinajstić information content (AvgIpc) is 3.22. The van der Waals surface area contributed by atoms with E-state index in [0.717, 1.165) is 22.3 Å². The summed E-state index contributed by atoms with van der Waals surface area (Å²) in [5, 5.41) is 3.38. The number of fused-ring (bicyclic) bond motifs is 3. The largest absolute Gasteiger partial charge is 0.490 e. The van der Waals surface area contributed by atoms with Crippen molar-refractivity contribution in [2.45, 2.75) is 26.8 Å². The predicted molar refractivity (Wildman–Crippen MR) is 134 cm³/mol. The quantitative estimate of drug-likeness (QED) is 0.347. The molecule has 0 aliphatic carbocycles. The van der Waals surface area contributed by atoms with Crippen LogP contribution in [0.15, 0.2) is 84.1 Å². The van der Waals surface area contributed by atoms with Crippen LogP contribution < -0.4 is 14.8 Å². The summed E-state index contributed by atoms with van der Waals surface area (Å²) in [6, 6.07) is 22.9. The van der Waals surface area contributed by atoms with Crippen LogP contribution in [0, 0.1) is 0 Å². The summed E-state index contributed by atoms with van der Waals surface area (Å²) in [6.07, 6.45) is 0. The fourth-order valence-electron chi connectivity index (χ4n) is 4.56. The van der Waals surface area contributed by atoms with Gasteiger partial charge in [-0.15, -0.1) is 0 Å². The van der Waals surface area contributed by atoms with E-state index in [2.05, 4.69) is 9.88 Å². The van der Waals surface area contributed by atoms with Crippen LogP contribution >= 0.6 is 0 Å². The lowest BCUT2D eigenvalue weighted by Gasteiger charge is -2.31. The molecule has 2 heterocycles. The molecule has 172 valence electrons. The summed E-state index contributed by atoms with van der Waals surface area (Å²) in [7, 11) is 0. The first kappa shape index (κ1) is 21.8. The van der Waals surface area contributed by atoms with Crippen LogP contribution in [0.5, 0.6) is 11.5 Å². The van der Waals surface area contributed by atoms with E-state index in [1.54, 1.807) is 0 Å². The highest BCUT2D eigenvalue weighted by Gasteiger charge is 2.34. The average molecular weight is 454 g/mol. The molecule has 0 radical (unpaired) electrons. The van der Waals surface area contributed by atoms with E-state index in [9.17, 15) is 4.79 Å². The molecule has 1 aromatic heterocycles. The number of carbonyl (C=O) groups is 1. The topological polar surface area (TPSA) is 65.4 Å². The fourth-order valence-corrected chi connectivity index (χ4v) is 4.56. The maximum absolute atomic E-state index is 13.9. The SMILES string of the molecule is CCOc1ccc([C@@H]2C(C(=O)c3ccccc3)=C(C)Nc3nc4ccccc4n32)cc1OCC. The molecule has 4 aromatic rings. The number of anilines is 1. The van der Waals surface area contributed by atoms with E-state index in [1.165, 1.54) is 0 Å². The van der Waals surface area contributed by atoms with Gasteiger partial charge in [-0.25, -0.2) is 4.98 Å². The normalized spacial score (nSPS) is 15.1. The molecule has 0 saturated heterocycles. The molecular weight excluding hydrogens is 426 g/mol. The molecule has 0 spiro atoms. The highest BCUT2D eigenvalue weighted by Crippen LogP contribution is 2.42. The Bertz CT molecular complexity index is 1390. The molecule has 1 aliphatic rings. The molecule has 0 bridgehead atoms. The first-order chi connectivity index (χ1) is 16.6. The summed E-state index contributed by atoms with van der Waals surface area (Å²) in [5.74, 6) is 2.04. The second-order valence-electron chi connectivity index (χ2n) is 8.13. The second-order valence-corrected chi connectivity index (χ2v) is 8.13. The Hall–Kier alpha value is -4.06. The van der Waals surface area contributed by atoms with Crippen LogP contribution in [0.2, 0.25) is 0 Å². The number of nitrogens with zero attached hydrogens (tertiary/aromatic N) is 2. The Morgan fingerprint density at radius 1 is 0.941 bits per heavy atom.